The molecular weight excluding hydrogens is 312 g/mol. The molecule has 0 spiro atoms. The number of nitrogens with one attached hydrogen (secondary N) is 2. The molecule has 5 heteroatoms. The molecule has 2 N–H and O–H groups in total. The number of thiophene rings is 1. The second-order valence-corrected chi connectivity index (χ2v) is 6.76. The fourth-order valence-corrected chi connectivity index (χ4v) is 3.34. The van der Waals surface area contributed by atoms with Crippen LogP contribution in [0.15, 0.2) is 21.5 Å². The molecule has 0 fully saturated rings. The highest BCUT2D eigenvalue weighted by Gasteiger charge is 2.11. The number of carbonyl (C=O) groups excluding carboxylic acids is 1. The summed E-state index contributed by atoms with van der Waals surface area (Å²) in [6, 6.07) is 1.92. The van der Waals surface area contributed by atoms with Gasteiger partial charge in [-0.2, -0.15) is 0 Å². The SMILES string of the molecule is Cc1cc(C(=O)NCCC2=CCNCC2)sc1Br. The van der Waals surface area contributed by atoms with Gasteiger partial charge in [0.05, 0.1) is 8.66 Å². The maximum absolute atomic E-state index is 11.9. The Labute approximate surface area is 120 Å². The largest absolute Gasteiger partial charge is 0.351 e. The molecule has 18 heavy (non-hydrogen) atoms. The fraction of sp³-hybridized carbons (Fsp3) is 0.462. The third-order valence-corrected chi connectivity index (χ3v) is 5.11. The molecule has 2 rings (SSSR count). The minimum absolute atomic E-state index is 0.0309. The number of rotatable bonds is 4. The van der Waals surface area contributed by atoms with E-state index in [0.29, 0.717) is 0 Å². The van der Waals surface area contributed by atoms with E-state index < -0.39 is 0 Å². The zero-order valence-corrected chi connectivity index (χ0v) is 12.8. The predicted octanol–water partition coefficient (Wildman–Crippen LogP) is 2.86. The molecule has 1 amide bonds. The topological polar surface area (TPSA) is 41.1 Å². The summed E-state index contributed by atoms with van der Waals surface area (Å²) in [6.07, 6.45) is 4.28. The van der Waals surface area contributed by atoms with Crippen LogP contribution in [0.25, 0.3) is 0 Å². The monoisotopic (exact) mass is 328 g/mol. The van der Waals surface area contributed by atoms with Gasteiger partial charge < -0.3 is 10.6 Å². The van der Waals surface area contributed by atoms with Gasteiger partial charge in [-0.1, -0.05) is 11.6 Å². The first-order valence-corrected chi connectivity index (χ1v) is 7.70. The Kier molecular flexibility index (Phi) is 4.97. The molecule has 0 aromatic carbocycles. The van der Waals surface area contributed by atoms with E-state index in [0.717, 1.165) is 46.7 Å². The van der Waals surface area contributed by atoms with E-state index in [1.54, 1.807) is 0 Å². The molecule has 0 aliphatic carbocycles. The van der Waals surface area contributed by atoms with E-state index in [4.69, 9.17) is 0 Å². The van der Waals surface area contributed by atoms with Crippen LogP contribution in [0, 0.1) is 6.92 Å². The predicted molar refractivity (Wildman–Crippen MR) is 79.3 cm³/mol. The Balaban J connectivity index is 1.79. The first-order chi connectivity index (χ1) is 8.66. The Morgan fingerprint density at radius 1 is 1.61 bits per heavy atom. The van der Waals surface area contributed by atoms with Gasteiger partial charge >= 0.3 is 0 Å². The number of aryl methyl sites for hydroxylation is 1. The lowest BCUT2D eigenvalue weighted by Crippen LogP contribution is -2.26. The molecule has 0 saturated heterocycles. The lowest BCUT2D eigenvalue weighted by molar-refractivity contribution is 0.0958. The van der Waals surface area contributed by atoms with Gasteiger partial charge in [-0.15, -0.1) is 11.3 Å². The van der Waals surface area contributed by atoms with E-state index in [1.807, 2.05) is 13.0 Å². The number of hydrogen-bond acceptors (Lipinski definition) is 3. The Morgan fingerprint density at radius 2 is 2.44 bits per heavy atom. The average Bonchev–Trinajstić information content (AvgIpc) is 2.71. The number of amides is 1. The van der Waals surface area contributed by atoms with E-state index in [-0.39, 0.29) is 5.91 Å². The molecule has 1 aromatic heterocycles. The quantitative estimate of drug-likeness (QED) is 0.834. The highest BCUT2D eigenvalue weighted by atomic mass is 79.9. The van der Waals surface area contributed by atoms with E-state index in [2.05, 4.69) is 32.6 Å². The van der Waals surface area contributed by atoms with Crippen molar-refractivity contribution in [2.24, 2.45) is 0 Å². The minimum Gasteiger partial charge on any atom is -0.351 e. The molecule has 0 unspecified atom stereocenters. The molecular formula is C13H17BrN2OS. The van der Waals surface area contributed by atoms with Gasteiger partial charge in [0, 0.05) is 13.1 Å². The molecule has 1 aromatic rings. The van der Waals surface area contributed by atoms with Crippen molar-refractivity contribution in [2.75, 3.05) is 19.6 Å². The Hall–Kier alpha value is -0.650. The molecule has 1 aliphatic rings. The van der Waals surface area contributed by atoms with Crippen LogP contribution in [0.1, 0.15) is 28.1 Å². The second-order valence-electron chi connectivity index (χ2n) is 4.39. The Morgan fingerprint density at radius 3 is 3.06 bits per heavy atom. The summed E-state index contributed by atoms with van der Waals surface area (Å²) in [6.45, 7) is 4.73. The molecule has 3 nitrogen and oxygen atoms in total. The second kappa shape index (κ2) is 6.50. The lowest BCUT2D eigenvalue weighted by Gasteiger charge is -2.13. The molecule has 0 radical (unpaired) electrons. The van der Waals surface area contributed by atoms with Crippen molar-refractivity contribution in [3.8, 4) is 0 Å². The first kappa shape index (κ1) is 13.8. The maximum Gasteiger partial charge on any atom is 0.261 e. The molecule has 2 heterocycles. The third-order valence-electron chi connectivity index (χ3n) is 2.97. The summed E-state index contributed by atoms with van der Waals surface area (Å²) >= 11 is 4.93. The normalized spacial score (nSPS) is 15.3. The van der Waals surface area contributed by atoms with Gasteiger partial charge in [0.2, 0.25) is 0 Å². The van der Waals surface area contributed by atoms with Crippen LogP contribution in [-0.4, -0.2) is 25.5 Å². The van der Waals surface area contributed by atoms with Gasteiger partial charge in [-0.3, -0.25) is 4.79 Å². The van der Waals surface area contributed by atoms with E-state index >= 15 is 0 Å². The van der Waals surface area contributed by atoms with Gasteiger partial charge in [-0.25, -0.2) is 0 Å². The first-order valence-electron chi connectivity index (χ1n) is 6.09. The summed E-state index contributed by atoms with van der Waals surface area (Å²) in [5.74, 6) is 0.0309. The minimum atomic E-state index is 0.0309. The van der Waals surface area contributed by atoms with Crippen molar-refractivity contribution in [3.05, 3.63) is 31.9 Å². The highest BCUT2D eigenvalue weighted by molar-refractivity contribution is 9.11. The van der Waals surface area contributed by atoms with Gasteiger partial charge in [0.1, 0.15) is 0 Å². The smallest absolute Gasteiger partial charge is 0.261 e. The van der Waals surface area contributed by atoms with Crippen LogP contribution in [0.3, 0.4) is 0 Å². The van der Waals surface area contributed by atoms with Crippen molar-refractivity contribution >= 4 is 33.2 Å². The van der Waals surface area contributed by atoms with Crippen LogP contribution in [-0.2, 0) is 0 Å². The maximum atomic E-state index is 11.9. The summed E-state index contributed by atoms with van der Waals surface area (Å²) < 4.78 is 1.04. The van der Waals surface area contributed by atoms with Gasteiger partial charge in [-0.05, 0) is 53.9 Å². The fourth-order valence-electron chi connectivity index (χ4n) is 1.89. The van der Waals surface area contributed by atoms with Crippen LogP contribution < -0.4 is 10.6 Å². The van der Waals surface area contributed by atoms with Crippen LogP contribution >= 0.6 is 27.3 Å². The van der Waals surface area contributed by atoms with Crippen molar-refractivity contribution < 1.29 is 4.79 Å². The number of carbonyl (C=O) groups is 1. The molecule has 0 bridgehead atoms. The Bertz CT molecular complexity index is 448. The van der Waals surface area contributed by atoms with Crippen LogP contribution in [0.2, 0.25) is 0 Å². The summed E-state index contributed by atoms with van der Waals surface area (Å²) in [5.41, 5.74) is 2.56. The average molecular weight is 329 g/mol. The van der Waals surface area contributed by atoms with Crippen molar-refractivity contribution in [1.82, 2.24) is 10.6 Å². The van der Waals surface area contributed by atoms with Crippen molar-refractivity contribution in [3.63, 3.8) is 0 Å². The van der Waals surface area contributed by atoms with Crippen molar-refractivity contribution in [2.45, 2.75) is 19.8 Å². The van der Waals surface area contributed by atoms with E-state index in [9.17, 15) is 4.79 Å². The summed E-state index contributed by atoms with van der Waals surface area (Å²) in [4.78, 5) is 12.7. The number of halogens is 1. The van der Waals surface area contributed by atoms with Gasteiger partial charge in [0.15, 0.2) is 0 Å². The summed E-state index contributed by atoms with van der Waals surface area (Å²) in [7, 11) is 0. The zero-order chi connectivity index (χ0) is 13.0. The van der Waals surface area contributed by atoms with Crippen LogP contribution in [0.5, 0.6) is 0 Å². The van der Waals surface area contributed by atoms with Gasteiger partial charge in [0.25, 0.3) is 5.91 Å². The zero-order valence-electron chi connectivity index (χ0n) is 10.4. The molecule has 0 saturated carbocycles. The third kappa shape index (κ3) is 3.67. The van der Waals surface area contributed by atoms with E-state index in [1.165, 1.54) is 16.9 Å². The lowest BCUT2D eigenvalue weighted by atomic mass is 10.1. The highest BCUT2D eigenvalue weighted by Crippen LogP contribution is 2.27. The molecule has 98 valence electrons. The number of hydrogen-bond donors (Lipinski definition) is 2. The molecule has 0 atom stereocenters. The van der Waals surface area contributed by atoms with Crippen LogP contribution in [0.4, 0.5) is 0 Å². The summed E-state index contributed by atoms with van der Waals surface area (Å²) in [5, 5.41) is 6.26. The molecule has 1 aliphatic heterocycles. The standard InChI is InChI=1S/C13H17BrN2OS/c1-9-8-11(18-12(9)14)13(17)16-7-4-10-2-5-15-6-3-10/h2,8,15H,3-7H2,1H3,(H,16,17). The van der Waals surface area contributed by atoms with Crippen molar-refractivity contribution in [1.29, 1.82) is 0 Å².